The molecule has 1 amide bonds. The van der Waals surface area contributed by atoms with Crippen LogP contribution in [0.2, 0.25) is 0 Å². The zero-order chi connectivity index (χ0) is 20.1. The number of thiazole rings is 1. The lowest BCUT2D eigenvalue weighted by molar-refractivity contribution is 0.102. The molecule has 0 saturated heterocycles. The maximum Gasteiger partial charge on any atom is 0.255 e. The molecule has 29 heavy (non-hydrogen) atoms. The quantitative estimate of drug-likeness (QED) is 0.462. The van der Waals surface area contributed by atoms with Gasteiger partial charge in [-0.05, 0) is 55.5 Å². The average molecular weight is 401 g/mol. The van der Waals surface area contributed by atoms with E-state index in [2.05, 4.69) is 10.3 Å². The number of rotatable bonds is 6. The first-order valence-electron chi connectivity index (χ1n) is 9.23. The fraction of sp³-hybridized carbons (Fsp3) is 0.0870. The summed E-state index contributed by atoms with van der Waals surface area (Å²) >= 11 is 1.57. The fourth-order valence-corrected chi connectivity index (χ4v) is 3.68. The lowest BCUT2D eigenvalue weighted by Crippen LogP contribution is -2.11. The Balaban J connectivity index is 1.50. The van der Waals surface area contributed by atoms with Crippen LogP contribution in [0.1, 0.15) is 17.3 Å². The van der Waals surface area contributed by atoms with Crippen molar-refractivity contribution in [2.75, 3.05) is 11.9 Å². The van der Waals surface area contributed by atoms with E-state index in [1.807, 2.05) is 48.7 Å². The molecule has 0 radical (unpaired) electrons. The second kappa shape index (κ2) is 8.67. The van der Waals surface area contributed by atoms with Crippen LogP contribution in [0.4, 0.5) is 5.69 Å². The summed E-state index contributed by atoms with van der Waals surface area (Å²) < 4.78 is 5.42. The van der Waals surface area contributed by atoms with Crippen LogP contribution < -0.4 is 10.1 Å². The Hall–Kier alpha value is -3.51. The number of nitrogens with one attached hydrogen (secondary N) is 1. The second-order valence-corrected chi connectivity index (χ2v) is 7.13. The Morgan fingerprint density at radius 2 is 1.90 bits per heavy atom. The third kappa shape index (κ3) is 4.50. The Kier molecular flexibility index (Phi) is 5.63. The minimum Gasteiger partial charge on any atom is -0.494 e. The molecule has 2 aromatic heterocycles. The van der Waals surface area contributed by atoms with Crippen LogP contribution in [0.15, 0.2) is 78.4 Å². The SMILES string of the molecule is CCOc1ccc(C(=O)Nc2cccc(-c3csc(-c4cccnc4)n3)c2)cc1. The first-order chi connectivity index (χ1) is 14.2. The van der Waals surface area contributed by atoms with Crippen LogP contribution in [0.25, 0.3) is 21.8 Å². The van der Waals surface area contributed by atoms with Crippen molar-refractivity contribution < 1.29 is 9.53 Å². The molecule has 4 aromatic rings. The van der Waals surface area contributed by atoms with Crippen LogP contribution in [0.5, 0.6) is 5.75 Å². The molecule has 0 atom stereocenters. The number of amides is 1. The van der Waals surface area contributed by atoms with Crippen molar-refractivity contribution in [2.45, 2.75) is 6.92 Å². The first kappa shape index (κ1) is 18.8. The molecule has 0 aliphatic heterocycles. The number of carbonyl (C=O) groups excluding carboxylic acids is 1. The number of carbonyl (C=O) groups is 1. The van der Waals surface area contributed by atoms with Gasteiger partial charge in [-0.3, -0.25) is 9.78 Å². The standard InChI is InChI=1S/C23H19N3O2S/c1-2-28-20-10-8-16(9-11-20)22(27)25-19-7-3-5-17(13-19)21-15-29-23(26-21)18-6-4-12-24-14-18/h3-15H,2H2,1H3,(H,25,27). The van der Waals surface area contributed by atoms with Crippen molar-refractivity contribution in [3.8, 4) is 27.6 Å². The Morgan fingerprint density at radius 1 is 1.07 bits per heavy atom. The average Bonchev–Trinajstić information content (AvgIpc) is 3.26. The highest BCUT2D eigenvalue weighted by atomic mass is 32.1. The van der Waals surface area contributed by atoms with E-state index in [0.717, 1.165) is 33.3 Å². The maximum absolute atomic E-state index is 12.5. The van der Waals surface area contributed by atoms with Gasteiger partial charge in [-0.1, -0.05) is 12.1 Å². The van der Waals surface area contributed by atoms with Crippen LogP contribution in [0.3, 0.4) is 0 Å². The molecule has 5 nitrogen and oxygen atoms in total. The summed E-state index contributed by atoms with van der Waals surface area (Å²) in [6.07, 6.45) is 3.55. The predicted octanol–water partition coefficient (Wildman–Crippen LogP) is 5.52. The third-order valence-electron chi connectivity index (χ3n) is 4.26. The van der Waals surface area contributed by atoms with E-state index in [4.69, 9.17) is 9.72 Å². The molecule has 0 aliphatic carbocycles. The van der Waals surface area contributed by atoms with Crippen molar-refractivity contribution in [1.82, 2.24) is 9.97 Å². The van der Waals surface area contributed by atoms with Gasteiger partial charge in [-0.2, -0.15) is 0 Å². The van der Waals surface area contributed by atoms with Gasteiger partial charge in [0.05, 0.1) is 12.3 Å². The van der Waals surface area contributed by atoms with Crippen molar-refractivity contribution >= 4 is 22.9 Å². The van der Waals surface area contributed by atoms with Gasteiger partial charge >= 0.3 is 0 Å². The molecule has 2 aromatic carbocycles. The molecule has 144 valence electrons. The van der Waals surface area contributed by atoms with E-state index >= 15 is 0 Å². The third-order valence-corrected chi connectivity index (χ3v) is 5.15. The lowest BCUT2D eigenvalue weighted by atomic mass is 10.1. The van der Waals surface area contributed by atoms with Crippen molar-refractivity contribution in [1.29, 1.82) is 0 Å². The van der Waals surface area contributed by atoms with Gasteiger partial charge in [-0.15, -0.1) is 11.3 Å². The highest BCUT2D eigenvalue weighted by molar-refractivity contribution is 7.13. The van der Waals surface area contributed by atoms with E-state index in [-0.39, 0.29) is 5.91 Å². The summed E-state index contributed by atoms with van der Waals surface area (Å²) in [5.41, 5.74) is 4.10. The molecule has 0 spiro atoms. The minimum absolute atomic E-state index is 0.167. The highest BCUT2D eigenvalue weighted by Crippen LogP contribution is 2.29. The molecule has 0 bridgehead atoms. The van der Waals surface area contributed by atoms with Crippen LogP contribution >= 0.6 is 11.3 Å². The minimum atomic E-state index is -0.167. The number of pyridine rings is 1. The second-order valence-electron chi connectivity index (χ2n) is 6.27. The van der Waals surface area contributed by atoms with Gasteiger partial charge in [-0.25, -0.2) is 4.98 Å². The number of aromatic nitrogens is 2. The number of hydrogen-bond donors (Lipinski definition) is 1. The van der Waals surface area contributed by atoms with Gasteiger partial charge in [0.1, 0.15) is 10.8 Å². The van der Waals surface area contributed by atoms with Gasteiger partial charge in [0.2, 0.25) is 0 Å². The number of nitrogens with zero attached hydrogens (tertiary/aromatic N) is 2. The topological polar surface area (TPSA) is 64.1 Å². The van der Waals surface area contributed by atoms with Gasteiger partial charge < -0.3 is 10.1 Å². The normalized spacial score (nSPS) is 10.5. The largest absolute Gasteiger partial charge is 0.494 e. The van der Waals surface area contributed by atoms with Gasteiger partial charge in [0.25, 0.3) is 5.91 Å². The van der Waals surface area contributed by atoms with Crippen LogP contribution in [-0.4, -0.2) is 22.5 Å². The predicted molar refractivity (Wildman–Crippen MR) is 116 cm³/mol. The Labute approximate surface area is 173 Å². The zero-order valence-corrected chi connectivity index (χ0v) is 16.6. The number of benzene rings is 2. The molecular weight excluding hydrogens is 382 g/mol. The summed E-state index contributed by atoms with van der Waals surface area (Å²) in [4.78, 5) is 21.4. The number of hydrogen-bond acceptors (Lipinski definition) is 5. The first-order valence-corrected chi connectivity index (χ1v) is 10.1. The lowest BCUT2D eigenvalue weighted by Gasteiger charge is -2.08. The smallest absolute Gasteiger partial charge is 0.255 e. The zero-order valence-electron chi connectivity index (χ0n) is 15.8. The monoisotopic (exact) mass is 401 g/mol. The summed E-state index contributed by atoms with van der Waals surface area (Å²) in [6, 6.07) is 18.7. The molecule has 0 fully saturated rings. The molecule has 1 N–H and O–H groups in total. The van der Waals surface area contributed by atoms with Crippen molar-refractivity contribution in [3.05, 3.63) is 84.0 Å². The summed E-state index contributed by atoms with van der Waals surface area (Å²) in [7, 11) is 0. The van der Waals surface area contributed by atoms with E-state index < -0.39 is 0 Å². The maximum atomic E-state index is 12.5. The van der Waals surface area contributed by atoms with Crippen molar-refractivity contribution in [3.63, 3.8) is 0 Å². The molecule has 6 heteroatoms. The number of ether oxygens (including phenoxy) is 1. The Bertz CT molecular complexity index is 1110. The van der Waals surface area contributed by atoms with Crippen LogP contribution in [0, 0.1) is 0 Å². The van der Waals surface area contributed by atoms with Crippen LogP contribution in [-0.2, 0) is 0 Å². The summed E-state index contributed by atoms with van der Waals surface area (Å²) in [5.74, 6) is 0.582. The van der Waals surface area contributed by atoms with E-state index in [1.54, 1.807) is 48.0 Å². The molecule has 4 rings (SSSR count). The fourth-order valence-electron chi connectivity index (χ4n) is 2.86. The van der Waals surface area contributed by atoms with Gasteiger partial charge in [0, 0.05) is 40.2 Å². The van der Waals surface area contributed by atoms with E-state index in [9.17, 15) is 4.79 Å². The summed E-state index contributed by atoms with van der Waals surface area (Å²) in [5, 5.41) is 5.87. The van der Waals surface area contributed by atoms with E-state index in [0.29, 0.717) is 12.2 Å². The molecule has 0 unspecified atom stereocenters. The summed E-state index contributed by atoms with van der Waals surface area (Å²) in [6.45, 7) is 2.52. The van der Waals surface area contributed by atoms with E-state index in [1.165, 1.54) is 0 Å². The Morgan fingerprint density at radius 3 is 2.66 bits per heavy atom. The molecular formula is C23H19N3O2S. The molecule has 2 heterocycles. The molecule has 0 saturated carbocycles. The van der Waals surface area contributed by atoms with Gasteiger partial charge in [0.15, 0.2) is 0 Å². The molecule has 0 aliphatic rings. The highest BCUT2D eigenvalue weighted by Gasteiger charge is 2.10. The van der Waals surface area contributed by atoms with Crippen molar-refractivity contribution in [2.24, 2.45) is 0 Å². The number of anilines is 1.